The average molecular weight is 806 g/mol. The van der Waals surface area contributed by atoms with Gasteiger partial charge in [0.15, 0.2) is 5.82 Å². The molecular formula is C58H35N3O2. The molecule has 9 aromatic carbocycles. The fraction of sp³-hybridized carbons (Fsp3) is 0. The van der Waals surface area contributed by atoms with E-state index in [-0.39, 0.29) is 0 Å². The maximum atomic E-state index is 6.39. The number of fused-ring (bicyclic) bond motifs is 9. The number of nitrogens with zero attached hydrogens (tertiary/aromatic N) is 3. The predicted molar refractivity (Wildman–Crippen MR) is 258 cm³/mol. The highest BCUT2D eigenvalue weighted by molar-refractivity contribution is 6.11. The number of para-hydroxylation sites is 5. The summed E-state index contributed by atoms with van der Waals surface area (Å²) >= 11 is 0. The van der Waals surface area contributed by atoms with Crippen molar-refractivity contribution >= 4 is 65.7 Å². The summed E-state index contributed by atoms with van der Waals surface area (Å²) in [7, 11) is 0. The second-order valence-electron chi connectivity index (χ2n) is 16.1. The van der Waals surface area contributed by atoms with Gasteiger partial charge in [-0.1, -0.05) is 158 Å². The summed E-state index contributed by atoms with van der Waals surface area (Å²) in [5.74, 6) is 0.656. The molecule has 0 aliphatic carbocycles. The lowest BCUT2D eigenvalue weighted by molar-refractivity contribution is 0.669. The molecule has 4 heterocycles. The normalized spacial score (nSPS) is 11.8. The van der Waals surface area contributed by atoms with Crippen LogP contribution in [-0.4, -0.2) is 14.5 Å². The lowest BCUT2D eigenvalue weighted by atomic mass is 9.99. The standard InChI is InChI=1S/C58H35N3O2/c1-5-16-52-44(10-1)45-11-2-6-17-53(45)61(52)42-31-28-39(29-32-42)51-35-50(38-24-20-36(21-25-38)41-30-33-56-49(34-41)47-13-4-7-18-54(47)62-56)59-58(60-51)40-26-22-37(23-27-40)43-14-9-15-48-46-12-3-8-19-55(46)63-57(43)48/h1-35H. The quantitative estimate of drug-likeness (QED) is 0.168. The third-order valence-electron chi connectivity index (χ3n) is 12.5. The number of aromatic nitrogens is 3. The first-order valence-electron chi connectivity index (χ1n) is 21.2. The molecule has 0 bridgehead atoms. The van der Waals surface area contributed by atoms with E-state index in [1.54, 1.807) is 0 Å². The lowest BCUT2D eigenvalue weighted by Gasteiger charge is -2.12. The molecule has 0 aliphatic rings. The summed E-state index contributed by atoms with van der Waals surface area (Å²) in [5.41, 5.74) is 16.0. The number of furan rings is 2. The van der Waals surface area contributed by atoms with Gasteiger partial charge in [0.2, 0.25) is 0 Å². The molecule has 0 aliphatic heterocycles. The monoisotopic (exact) mass is 805 g/mol. The van der Waals surface area contributed by atoms with Crippen LogP contribution < -0.4 is 0 Å². The third-order valence-corrected chi connectivity index (χ3v) is 12.5. The molecule has 5 heteroatoms. The summed E-state index contributed by atoms with van der Waals surface area (Å²) in [6.45, 7) is 0. The Morgan fingerprint density at radius 2 is 0.810 bits per heavy atom. The first-order chi connectivity index (χ1) is 31.2. The van der Waals surface area contributed by atoms with E-state index in [0.29, 0.717) is 5.82 Å². The van der Waals surface area contributed by atoms with E-state index >= 15 is 0 Å². The van der Waals surface area contributed by atoms with Crippen LogP contribution in [0.25, 0.3) is 128 Å². The largest absolute Gasteiger partial charge is 0.456 e. The van der Waals surface area contributed by atoms with Gasteiger partial charge in [0.25, 0.3) is 0 Å². The second-order valence-corrected chi connectivity index (χ2v) is 16.1. The van der Waals surface area contributed by atoms with E-state index in [1.807, 2.05) is 24.3 Å². The van der Waals surface area contributed by atoms with Crippen LogP contribution in [0, 0.1) is 0 Å². The molecule has 0 radical (unpaired) electrons. The molecule has 0 fully saturated rings. The maximum Gasteiger partial charge on any atom is 0.160 e. The summed E-state index contributed by atoms with van der Waals surface area (Å²) < 4.78 is 14.8. The molecule has 13 aromatic rings. The molecule has 0 N–H and O–H groups in total. The molecular weight excluding hydrogens is 771 g/mol. The highest BCUT2D eigenvalue weighted by atomic mass is 16.3. The van der Waals surface area contributed by atoms with Gasteiger partial charge in [0.1, 0.15) is 22.3 Å². The van der Waals surface area contributed by atoms with Crippen LogP contribution in [0.2, 0.25) is 0 Å². The SMILES string of the molecule is c1ccc2c(c1)oc1ccc(-c3ccc(-c4cc(-c5ccc(-n6c7ccccc7c7ccccc76)cc5)nc(-c5ccc(-c6cccc7c6oc6ccccc67)cc5)n4)cc3)cc12. The highest BCUT2D eigenvalue weighted by Gasteiger charge is 2.17. The molecule has 0 amide bonds. The van der Waals surface area contributed by atoms with Crippen LogP contribution in [-0.2, 0) is 0 Å². The summed E-state index contributed by atoms with van der Waals surface area (Å²) in [4.78, 5) is 10.5. The van der Waals surface area contributed by atoms with E-state index in [0.717, 1.165) is 99.9 Å². The minimum absolute atomic E-state index is 0.656. The minimum Gasteiger partial charge on any atom is -0.456 e. The maximum absolute atomic E-state index is 6.39. The van der Waals surface area contributed by atoms with Gasteiger partial charge < -0.3 is 13.4 Å². The Balaban J connectivity index is 0.903. The Labute approximate surface area is 361 Å². The van der Waals surface area contributed by atoms with Gasteiger partial charge in [-0.25, -0.2) is 9.97 Å². The van der Waals surface area contributed by atoms with E-state index < -0.39 is 0 Å². The Hall–Kier alpha value is -8.54. The van der Waals surface area contributed by atoms with E-state index in [4.69, 9.17) is 18.8 Å². The summed E-state index contributed by atoms with van der Waals surface area (Å²) in [6.07, 6.45) is 0. The number of benzene rings is 9. The van der Waals surface area contributed by atoms with Crippen molar-refractivity contribution in [2.75, 3.05) is 0 Å². The van der Waals surface area contributed by atoms with Crippen molar-refractivity contribution in [3.63, 3.8) is 0 Å². The molecule has 0 unspecified atom stereocenters. The molecule has 4 aromatic heterocycles. The van der Waals surface area contributed by atoms with Crippen molar-refractivity contribution in [3.8, 4) is 61.8 Å². The van der Waals surface area contributed by atoms with Crippen LogP contribution in [0.15, 0.2) is 221 Å². The smallest absolute Gasteiger partial charge is 0.160 e. The van der Waals surface area contributed by atoms with E-state index in [1.165, 1.54) is 21.8 Å². The Morgan fingerprint density at radius 1 is 0.317 bits per heavy atom. The van der Waals surface area contributed by atoms with Gasteiger partial charge in [-0.05, 0) is 71.3 Å². The Kier molecular flexibility index (Phi) is 7.84. The third kappa shape index (κ3) is 5.78. The Morgan fingerprint density at radius 3 is 1.49 bits per heavy atom. The van der Waals surface area contributed by atoms with Crippen molar-refractivity contribution in [2.45, 2.75) is 0 Å². The van der Waals surface area contributed by atoms with Gasteiger partial charge in [-0.2, -0.15) is 0 Å². The van der Waals surface area contributed by atoms with Gasteiger partial charge in [-0.15, -0.1) is 0 Å². The first kappa shape index (κ1) is 35.2. The summed E-state index contributed by atoms with van der Waals surface area (Å²) in [6, 6.07) is 74.4. The van der Waals surface area contributed by atoms with E-state index in [9.17, 15) is 0 Å². The zero-order valence-electron chi connectivity index (χ0n) is 33.9. The molecule has 63 heavy (non-hydrogen) atoms. The van der Waals surface area contributed by atoms with Crippen LogP contribution in [0.1, 0.15) is 0 Å². The zero-order valence-corrected chi connectivity index (χ0v) is 33.9. The average Bonchev–Trinajstić information content (AvgIpc) is 4.04. The topological polar surface area (TPSA) is 57.0 Å². The predicted octanol–water partition coefficient (Wildman–Crippen LogP) is 15.7. The van der Waals surface area contributed by atoms with Crippen LogP contribution >= 0.6 is 0 Å². The van der Waals surface area contributed by atoms with Crippen molar-refractivity contribution in [1.29, 1.82) is 0 Å². The molecule has 0 spiro atoms. The van der Waals surface area contributed by atoms with Gasteiger partial charge in [-0.3, -0.25) is 0 Å². The lowest BCUT2D eigenvalue weighted by Crippen LogP contribution is -1.97. The van der Waals surface area contributed by atoms with E-state index in [2.05, 4.69) is 193 Å². The minimum atomic E-state index is 0.656. The summed E-state index contributed by atoms with van der Waals surface area (Å²) in [5, 5.41) is 6.94. The number of hydrogen-bond donors (Lipinski definition) is 0. The van der Waals surface area contributed by atoms with Gasteiger partial charge in [0, 0.05) is 60.3 Å². The second kappa shape index (κ2) is 14.0. The molecule has 5 nitrogen and oxygen atoms in total. The fourth-order valence-electron chi connectivity index (χ4n) is 9.37. The van der Waals surface area contributed by atoms with Crippen molar-refractivity contribution in [2.24, 2.45) is 0 Å². The van der Waals surface area contributed by atoms with Crippen LogP contribution in [0.3, 0.4) is 0 Å². The van der Waals surface area contributed by atoms with Gasteiger partial charge >= 0.3 is 0 Å². The molecule has 0 saturated carbocycles. The van der Waals surface area contributed by atoms with Crippen molar-refractivity contribution in [3.05, 3.63) is 212 Å². The Bertz CT molecular complexity index is 3840. The molecule has 0 saturated heterocycles. The van der Waals surface area contributed by atoms with Crippen molar-refractivity contribution in [1.82, 2.24) is 14.5 Å². The number of hydrogen-bond acceptors (Lipinski definition) is 4. The number of rotatable bonds is 6. The molecule has 13 rings (SSSR count). The first-order valence-corrected chi connectivity index (χ1v) is 21.2. The van der Waals surface area contributed by atoms with Gasteiger partial charge in [0.05, 0.1) is 22.4 Å². The van der Waals surface area contributed by atoms with Crippen LogP contribution in [0.5, 0.6) is 0 Å². The molecule has 0 atom stereocenters. The van der Waals surface area contributed by atoms with Crippen molar-refractivity contribution < 1.29 is 8.83 Å². The zero-order chi connectivity index (χ0) is 41.4. The highest BCUT2D eigenvalue weighted by Crippen LogP contribution is 2.38. The fourth-order valence-corrected chi connectivity index (χ4v) is 9.37. The molecule has 294 valence electrons. The van der Waals surface area contributed by atoms with Crippen LogP contribution in [0.4, 0.5) is 0 Å².